The minimum Gasteiger partial charge on any atom is -0.463 e. The molecule has 1 aliphatic heterocycles. The maximum absolute atomic E-state index is 5.58. The first-order valence-corrected chi connectivity index (χ1v) is 6.32. The smallest absolute Gasteiger partial charge is 0.316 e. The van der Waals surface area contributed by atoms with Crippen molar-refractivity contribution in [1.29, 1.82) is 0 Å². The van der Waals surface area contributed by atoms with E-state index < -0.39 is 0 Å². The van der Waals surface area contributed by atoms with Gasteiger partial charge in [-0.3, -0.25) is 0 Å². The number of nitrogens with zero attached hydrogens (tertiary/aromatic N) is 3. The second-order valence-electron chi connectivity index (χ2n) is 4.27. The molecule has 88 valence electrons. The lowest BCUT2D eigenvalue weighted by Gasteiger charge is -2.29. The highest BCUT2D eigenvalue weighted by molar-refractivity contribution is 9.10. The first-order valence-electron chi connectivity index (χ1n) is 5.53. The van der Waals surface area contributed by atoms with E-state index >= 15 is 0 Å². The topological polar surface area (TPSA) is 38.2 Å². The summed E-state index contributed by atoms with van der Waals surface area (Å²) < 4.78 is 6.45. The molecular weight excluding hydrogens is 270 g/mol. The number of halogens is 1. The van der Waals surface area contributed by atoms with Crippen LogP contribution in [-0.4, -0.2) is 41.6 Å². The summed E-state index contributed by atoms with van der Waals surface area (Å²) in [6, 6.07) is 0.469. The van der Waals surface area contributed by atoms with E-state index in [0.29, 0.717) is 18.5 Å². The summed E-state index contributed by atoms with van der Waals surface area (Å²) >= 11 is 3.29. The van der Waals surface area contributed by atoms with Crippen molar-refractivity contribution in [3.63, 3.8) is 0 Å². The number of aromatic nitrogens is 2. The number of likely N-dealkylation sites (tertiary alicyclic amines) is 1. The Balaban J connectivity index is 1.80. The van der Waals surface area contributed by atoms with Crippen molar-refractivity contribution in [1.82, 2.24) is 14.9 Å². The molecule has 0 N–H and O–H groups in total. The van der Waals surface area contributed by atoms with Crippen LogP contribution in [0.4, 0.5) is 0 Å². The molecule has 1 aromatic rings. The normalized spacial score (nSPS) is 22.0. The van der Waals surface area contributed by atoms with E-state index in [0.717, 1.165) is 11.0 Å². The van der Waals surface area contributed by atoms with E-state index in [1.807, 2.05) is 0 Å². The first-order chi connectivity index (χ1) is 7.74. The van der Waals surface area contributed by atoms with Crippen LogP contribution in [0.5, 0.6) is 6.01 Å². The third-order valence-electron chi connectivity index (χ3n) is 2.77. The van der Waals surface area contributed by atoms with Gasteiger partial charge in [-0.15, -0.1) is 0 Å². The molecule has 0 amide bonds. The number of ether oxygens (including phenoxy) is 1. The number of hydrogen-bond donors (Lipinski definition) is 0. The molecule has 16 heavy (non-hydrogen) atoms. The average molecular weight is 286 g/mol. The number of hydrogen-bond acceptors (Lipinski definition) is 4. The van der Waals surface area contributed by atoms with Crippen molar-refractivity contribution in [3.05, 3.63) is 16.9 Å². The van der Waals surface area contributed by atoms with Gasteiger partial charge in [-0.25, -0.2) is 9.97 Å². The van der Waals surface area contributed by atoms with E-state index in [9.17, 15) is 0 Å². The lowest BCUT2D eigenvalue weighted by Crippen LogP contribution is -2.34. The van der Waals surface area contributed by atoms with Crippen LogP contribution in [0.1, 0.15) is 12.8 Å². The Hall–Kier alpha value is -0.680. The predicted octanol–water partition coefficient (Wildman–Crippen LogP) is 1.96. The molecule has 0 radical (unpaired) electrons. The van der Waals surface area contributed by atoms with Crippen LogP contribution in [0.15, 0.2) is 16.9 Å². The van der Waals surface area contributed by atoms with Gasteiger partial charge in [0.1, 0.15) is 0 Å². The fourth-order valence-electron chi connectivity index (χ4n) is 1.98. The van der Waals surface area contributed by atoms with Gasteiger partial charge in [-0.1, -0.05) is 0 Å². The third-order valence-corrected chi connectivity index (χ3v) is 3.18. The van der Waals surface area contributed by atoms with Crippen LogP contribution in [0.25, 0.3) is 0 Å². The molecule has 0 bridgehead atoms. The van der Waals surface area contributed by atoms with E-state index in [4.69, 9.17) is 4.74 Å². The second-order valence-corrected chi connectivity index (χ2v) is 5.18. The molecule has 2 rings (SSSR count). The summed E-state index contributed by atoms with van der Waals surface area (Å²) in [6.45, 7) is 3.02. The Labute approximate surface area is 104 Å². The number of rotatable bonds is 3. The lowest BCUT2D eigenvalue weighted by molar-refractivity contribution is 0.144. The van der Waals surface area contributed by atoms with E-state index in [2.05, 4.69) is 37.8 Å². The number of piperidine rings is 1. The van der Waals surface area contributed by atoms with Crippen molar-refractivity contribution in [2.24, 2.45) is 5.92 Å². The Morgan fingerprint density at radius 3 is 2.94 bits per heavy atom. The van der Waals surface area contributed by atoms with Crippen LogP contribution in [0.2, 0.25) is 0 Å². The first kappa shape index (κ1) is 11.8. The molecule has 0 spiro atoms. The lowest BCUT2D eigenvalue weighted by atomic mass is 10.00. The fourth-order valence-corrected chi connectivity index (χ4v) is 2.18. The third kappa shape index (κ3) is 3.42. The molecular formula is C11H16BrN3O. The summed E-state index contributed by atoms with van der Waals surface area (Å²) in [4.78, 5) is 10.5. The van der Waals surface area contributed by atoms with Crippen LogP contribution in [0, 0.1) is 5.92 Å². The second kappa shape index (κ2) is 5.59. The highest BCUT2D eigenvalue weighted by Crippen LogP contribution is 2.16. The maximum atomic E-state index is 5.58. The highest BCUT2D eigenvalue weighted by atomic mass is 79.9. The maximum Gasteiger partial charge on any atom is 0.316 e. The Morgan fingerprint density at radius 2 is 2.25 bits per heavy atom. The molecule has 1 atom stereocenters. The predicted molar refractivity (Wildman–Crippen MR) is 65.4 cm³/mol. The quantitative estimate of drug-likeness (QED) is 0.851. The summed E-state index contributed by atoms with van der Waals surface area (Å²) in [7, 11) is 2.16. The zero-order valence-corrected chi connectivity index (χ0v) is 11.0. The van der Waals surface area contributed by atoms with Crippen molar-refractivity contribution in [3.8, 4) is 6.01 Å². The molecule has 0 saturated carbocycles. The van der Waals surface area contributed by atoms with Gasteiger partial charge in [0.25, 0.3) is 0 Å². The molecule has 1 saturated heterocycles. The molecule has 1 aliphatic rings. The molecule has 1 aromatic heterocycles. The molecule has 4 nitrogen and oxygen atoms in total. The van der Waals surface area contributed by atoms with Crippen molar-refractivity contribution in [2.75, 3.05) is 26.7 Å². The minimum absolute atomic E-state index is 0.469. The van der Waals surface area contributed by atoms with Crippen molar-refractivity contribution in [2.45, 2.75) is 12.8 Å². The van der Waals surface area contributed by atoms with Crippen molar-refractivity contribution < 1.29 is 4.74 Å². The van der Waals surface area contributed by atoms with Gasteiger partial charge in [0.15, 0.2) is 0 Å². The van der Waals surface area contributed by atoms with Crippen LogP contribution in [0.3, 0.4) is 0 Å². The van der Waals surface area contributed by atoms with Gasteiger partial charge in [-0.2, -0.15) is 0 Å². The fraction of sp³-hybridized carbons (Fsp3) is 0.636. The molecule has 2 heterocycles. The zero-order chi connectivity index (χ0) is 11.4. The summed E-state index contributed by atoms with van der Waals surface area (Å²) in [5.74, 6) is 0.603. The Kier molecular flexibility index (Phi) is 4.12. The van der Waals surface area contributed by atoms with Gasteiger partial charge >= 0.3 is 6.01 Å². The van der Waals surface area contributed by atoms with Crippen LogP contribution < -0.4 is 4.74 Å². The minimum atomic E-state index is 0.469. The highest BCUT2D eigenvalue weighted by Gasteiger charge is 2.17. The Bertz CT molecular complexity index is 331. The van der Waals surface area contributed by atoms with Crippen LogP contribution >= 0.6 is 15.9 Å². The molecule has 0 aromatic carbocycles. The molecule has 5 heteroatoms. The van der Waals surface area contributed by atoms with Gasteiger partial charge in [-0.05, 0) is 42.4 Å². The SMILES string of the molecule is CN1CCCC(COc2ncc(Br)cn2)C1. The molecule has 1 fully saturated rings. The van der Waals surface area contributed by atoms with Gasteiger partial charge in [0, 0.05) is 24.9 Å². The van der Waals surface area contributed by atoms with Gasteiger partial charge in [0.05, 0.1) is 11.1 Å². The standard InChI is InChI=1S/C11H16BrN3O/c1-15-4-2-3-9(7-15)8-16-11-13-5-10(12)6-14-11/h5-6,9H,2-4,7-8H2,1H3. The molecule has 1 unspecified atom stereocenters. The molecule has 0 aliphatic carbocycles. The summed E-state index contributed by atoms with van der Waals surface area (Å²) in [6.07, 6.45) is 5.90. The van der Waals surface area contributed by atoms with Crippen molar-refractivity contribution >= 4 is 15.9 Å². The summed E-state index contributed by atoms with van der Waals surface area (Å²) in [5, 5.41) is 0. The van der Waals surface area contributed by atoms with Gasteiger partial charge in [0.2, 0.25) is 0 Å². The largest absolute Gasteiger partial charge is 0.463 e. The van der Waals surface area contributed by atoms with Crippen LogP contribution in [-0.2, 0) is 0 Å². The van der Waals surface area contributed by atoms with E-state index in [1.165, 1.54) is 19.4 Å². The Morgan fingerprint density at radius 1 is 1.50 bits per heavy atom. The van der Waals surface area contributed by atoms with E-state index in [1.54, 1.807) is 12.4 Å². The monoisotopic (exact) mass is 285 g/mol. The summed E-state index contributed by atoms with van der Waals surface area (Å²) in [5.41, 5.74) is 0. The van der Waals surface area contributed by atoms with E-state index in [-0.39, 0.29) is 0 Å². The zero-order valence-electron chi connectivity index (χ0n) is 9.40. The average Bonchev–Trinajstić information content (AvgIpc) is 2.28. The van der Waals surface area contributed by atoms with Gasteiger partial charge < -0.3 is 9.64 Å².